The highest BCUT2D eigenvalue weighted by Crippen LogP contribution is 2.32. The molecule has 1 saturated heterocycles. The number of nitrogens with one attached hydrogen (secondary N) is 1. The van der Waals surface area contributed by atoms with Crippen LogP contribution in [0.5, 0.6) is 0 Å². The van der Waals surface area contributed by atoms with Crippen molar-refractivity contribution in [1.82, 2.24) is 20.0 Å². The zero-order chi connectivity index (χ0) is 14.6. The van der Waals surface area contributed by atoms with E-state index in [1.54, 1.807) is 0 Å². The first kappa shape index (κ1) is 15.7. The fraction of sp³-hybridized carbons (Fsp3) is 0.933. The molecule has 1 N–H and O–H groups in total. The minimum atomic E-state index is -0.271. The van der Waals surface area contributed by atoms with E-state index in [9.17, 15) is 5.26 Å². The smallest absolute Gasteiger partial charge is 0.108 e. The second-order valence-corrected chi connectivity index (χ2v) is 6.52. The highest BCUT2D eigenvalue weighted by Gasteiger charge is 2.40. The molecule has 0 aromatic carbocycles. The maximum atomic E-state index is 9.35. The maximum Gasteiger partial charge on any atom is 0.108 e. The van der Waals surface area contributed by atoms with Gasteiger partial charge in [-0.15, -0.1) is 0 Å². The number of hydrogen-bond acceptors (Lipinski definition) is 5. The average molecular weight is 279 g/mol. The number of likely N-dealkylation sites (N-methyl/N-ethyl adjacent to an activating group) is 1. The summed E-state index contributed by atoms with van der Waals surface area (Å²) in [5, 5.41) is 12.6. The Morgan fingerprint density at radius 2 is 2.00 bits per heavy atom. The van der Waals surface area contributed by atoms with E-state index in [-0.39, 0.29) is 5.54 Å². The van der Waals surface area contributed by atoms with Crippen LogP contribution < -0.4 is 5.32 Å². The summed E-state index contributed by atoms with van der Waals surface area (Å²) >= 11 is 0. The van der Waals surface area contributed by atoms with Gasteiger partial charge in [-0.2, -0.15) is 5.26 Å². The van der Waals surface area contributed by atoms with Crippen LogP contribution >= 0.6 is 0 Å². The standard InChI is InChI=1S/C15H29N5/c1-17-15(13-16)5-4-14(12-15)20-10-8-19(9-11-20)7-6-18(2)3/h14,17H,4-12H2,1-3H3. The van der Waals surface area contributed by atoms with Crippen LogP contribution in [0.15, 0.2) is 0 Å². The minimum Gasteiger partial charge on any atom is -0.308 e. The van der Waals surface area contributed by atoms with Gasteiger partial charge in [0.05, 0.1) is 6.07 Å². The van der Waals surface area contributed by atoms with Crippen LogP contribution in [0.1, 0.15) is 19.3 Å². The Morgan fingerprint density at radius 1 is 1.30 bits per heavy atom. The Labute approximate surface area is 123 Å². The zero-order valence-corrected chi connectivity index (χ0v) is 13.2. The molecule has 1 aliphatic carbocycles. The molecule has 2 rings (SSSR count). The zero-order valence-electron chi connectivity index (χ0n) is 13.2. The topological polar surface area (TPSA) is 45.5 Å². The number of rotatable bonds is 5. The number of piperazine rings is 1. The Balaban J connectivity index is 1.76. The largest absolute Gasteiger partial charge is 0.308 e. The van der Waals surface area contributed by atoms with Crippen LogP contribution in [0.2, 0.25) is 0 Å². The number of nitriles is 1. The van der Waals surface area contributed by atoms with Crippen LogP contribution in [0, 0.1) is 11.3 Å². The van der Waals surface area contributed by atoms with Crippen molar-refractivity contribution in [2.45, 2.75) is 30.8 Å². The van der Waals surface area contributed by atoms with Gasteiger partial charge < -0.3 is 10.2 Å². The molecule has 2 fully saturated rings. The van der Waals surface area contributed by atoms with Crippen LogP contribution in [0.25, 0.3) is 0 Å². The van der Waals surface area contributed by atoms with E-state index in [0.717, 1.165) is 38.9 Å². The van der Waals surface area contributed by atoms with E-state index in [1.165, 1.54) is 19.6 Å². The number of nitrogens with zero attached hydrogens (tertiary/aromatic N) is 4. The summed E-state index contributed by atoms with van der Waals surface area (Å²) < 4.78 is 0. The van der Waals surface area contributed by atoms with Crippen LogP contribution in [0.3, 0.4) is 0 Å². The molecule has 2 aliphatic rings. The highest BCUT2D eigenvalue weighted by molar-refractivity contribution is 5.13. The lowest BCUT2D eigenvalue weighted by atomic mass is 10.00. The first-order valence-corrected chi connectivity index (χ1v) is 7.80. The summed E-state index contributed by atoms with van der Waals surface area (Å²) in [6.45, 7) is 6.96. The Hall–Kier alpha value is -0.670. The van der Waals surface area contributed by atoms with Crippen molar-refractivity contribution >= 4 is 0 Å². The van der Waals surface area contributed by atoms with E-state index < -0.39 is 0 Å². The summed E-state index contributed by atoms with van der Waals surface area (Å²) in [6.07, 6.45) is 3.13. The van der Waals surface area contributed by atoms with E-state index in [0.29, 0.717) is 6.04 Å². The van der Waals surface area contributed by atoms with Crippen LogP contribution in [-0.4, -0.2) is 86.7 Å². The van der Waals surface area contributed by atoms with Crippen molar-refractivity contribution < 1.29 is 0 Å². The molecule has 5 heteroatoms. The van der Waals surface area contributed by atoms with E-state index >= 15 is 0 Å². The Morgan fingerprint density at radius 3 is 2.50 bits per heavy atom. The van der Waals surface area contributed by atoms with Gasteiger partial charge in [0.15, 0.2) is 0 Å². The van der Waals surface area contributed by atoms with Crippen molar-refractivity contribution in [3.05, 3.63) is 0 Å². The van der Waals surface area contributed by atoms with Crippen molar-refractivity contribution in [3.8, 4) is 6.07 Å². The molecule has 1 aliphatic heterocycles. The van der Waals surface area contributed by atoms with Crippen molar-refractivity contribution in [2.75, 3.05) is 60.4 Å². The lowest BCUT2D eigenvalue weighted by Crippen LogP contribution is -2.51. The second kappa shape index (κ2) is 6.86. The van der Waals surface area contributed by atoms with Gasteiger partial charge in [-0.25, -0.2) is 0 Å². The maximum absolute atomic E-state index is 9.35. The number of hydrogen-bond donors (Lipinski definition) is 1. The first-order valence-electron chi connectivity index (χ1n) is 7.80. The quantitative estimate of drug-likeness (QED) is 0.779. The van der Waals surface area contributed by atoms with Gasteiger partial charge in [-0.05, 0) is 40.4 Å². The molecular weight excluding hydrogens is 250 g/mol. The first-order chi connectivity index (χ1) is 9.58. The molecular formula is C15H29N5. The SMILES string of the molecule is CNC1(C#N)CCC(N2CCN(CCN(C)C)CC2)C1. The molecule has 2 atom stereocenters. The molecule has 0 bridgehead atoms. The monoisotopic (exact) mass is 279 g/mol. The molecule has 1 heterocycles. The molecule has 0 spiro atoms. The predicted molar refractivity (Wildman–Crippen MR) is 81.6 cm³/mol. The van der Waals surface area contributed by atoms with E-state index in [2.05, 4.69) is 40.2 Å². The normalized spacial score (nSPS) is 32.6. The lowest BCUT2D eigenvalue weighted by Gasteiger charge is -2.38. The third-order valence-corrected chi connectivity index (χ3v) is 4.97. The van der Waals surface area contributed by atoms with Gasteiger partial charge >= 0.3 is 0 Å². The Kier molecular flexibility index (Phi) is 5.39. The fourth-order valence-electron chi connectivity index (χ4n) is 3.41. The lowest BCUT2D eigenvalue weighted by molar-refractivity contribution is 0.0916. The highest BCUT2D eigenvalue weighted by atomic mass is 15.3. The molecule has 5 nitrogen and oxygen atoms in total. The summed E-state index contributed by atoms with van der Waals surface area (Å²) in [5.41, 5.74) is -0.271. The van der Waals surface area contributed by atoms with E-state index in [4.69, 9.17) is 0 Å². The molecule has 0 amide bonds. The van der Waals surface area contributed by atoms with Crippen LogP contribution in [-0.2, 0) is 0 Å². The second-order valence-electron chi connectivity index (χ2n) is 6.52. The Bertz CT molecular complexity index is 343. The van der Waals surface area contributed by atoms with E-state index in [1.807, 2.05) is 7.05 Å². The molecule has 0 aromatic rings. The fourth-order valence-corrected chi connectivity index (χ4v) is 3.41. The summed E-state index contributed by atoms with van der Waals surface area (Å²) in [6, 6.07) is 3.08. The van der Waals surface area contributed by atoms with Gasteiger partial charge in [0.1, 0.15) is 5.54 Å². The van der Waals surface area contributed by atoms with Crippen molar-refractivity contribution in [2.24, 2.45) is 0 Å². The molecule has 1 saturated carbocycles. The van der Waals surface area contributed by atoms with Gasteiger partial charge in [0.2, 0.25) is 0 Å². The average Bonchev–Trinajstić information content (AvgIpc) is 2.91. The summed E-state index contributed by atoms with van der Waals surface area (Å²) in [4.78, 5) is 7.40. The van der Waals surface area contributed by atoms with Gasteiger partial charge in [-0.1, -0.05) is 0 Å². The molecule has 114 valence electrons. The molecule has 0 aromatic heterocycles. The van der Waals surface area contributed by atoms with Crippen molar-refractivity contribution in [3.63, 3.8) is 0 Å². The van der Waals surface area contributed by atoms with Gasteiger partial charge in [0, 0.05) is 45.3 Å². The van der Waals surface area contributed by atoms with Crippen LogP contribution in [0.4, 0.5) is 0 Å². The minimum absolute atomic E-state index is 0.271. The third-order valence-electron chi connectivity index (χ3n) is 4.97. The molecule has 0 radical (unpaired) electrons. The predicted octanol–water partition coefficient (Wildman–Crippen LogP) is 0.200. The van der Waals surface area contributed by atoms with Gasteiger partial charge in [-0.3, -0.25) is 9.80 Å². The third kappa shape index (κ3) is 3.70. The van der Waals surface area contributed by atoms with Crippen molar-refractivity contribution in [1.29, 1.82) is 5.26 Å². The van der Waals surface area contributed by atoms with Gasteiger partial charge in [0.25, 0.3) is 0 Å². The molecule has 2 unspecified atom stereocenters. The summed E-state index contributed by atoms with van der Waals surface area (Å²) in [7, 11) is 6.19. The molecule has 20 heavy (non-hydrogen) atoms. The summed E-state index contributed by atoms with van der Waals surface area (Å²) in [5.74, 6) is 0.